The summed E-state index contributed by atoms with van der Waals surface area (Å²) in [5.41, 5.74) is 6.41. The van der Waals surface area contributed by atoms with E-state index in [4.69, 9.17) is 10.5 Å². The molecule has 0 aliphatic carbocycles. The Kier molecular flexibility index (Phi) is 6.68. The van der Waals surface area contributed by atoms with E-state index in [1.807, 2.05) is 13.0 Å². The summed E-state index contributed by atoms with van der Waals surface area (Å²) in [6.45, 7) is 6.74. The molecule has 0 amide bonds. The van der Waals surface area contributed by atoms with Gasteiger partial charge in [0.1, 0.15) is 0 Å². The summed E-state index contributed by atoms with van der Waals surface area (Å²) in [4.78, 5) is 0. The Hall–Kier alpha value is -1.13. The van der Waals surface area contributed by atoms with Gasteiger partial charge in [0.2, 0.25) is 0 Å². The Morgan fingerprint density at radius 1 is 1.44 bits per heavy atom. The number of halogens is 1. The number of hydrogen-bond acceptors (Lipinski definition) is 3. The molecule has 1 aromatic rings. The first-order valence-electron chi connectivity index (χ1n) is 6.49. The van der Waals surface area contributed by atoms with Crippen LogP contribution in [0.5, 0.6) is 5.75 Å². The first-order chi connectivity index (χ1) is 8.67. The van der Waals surface area contributed by atoms with Crippen molar-refractivity contribution in [1.29, 1.82) is 0 Å². The lowest BCUT2D eigenvalue weighted by Crippen LogP contribution is -2.22. The van der Waals surface area contributed by atoms with Crippen LogP contribution in [0.15, 0.2) is 18.2 Å². The highest BCUT2D eigenvalue weighted by molar-refractivity contribution is 5.29. The molecule has 1 unspecified atom stereocenters. The molecule has 0 radical (unpaired) electrons. The summed E-state index contributed by atoms with van der Waals surface area (Å²) in [5, 5.41) is 3.30. The minimum absolute atomic E-state index is 0.300. The SMILES string of the molecule is CCOc1ccc(CNCC(C)CCN)cc1F. The van der Waals surface area contributed by atoms with E-state index in [9.17, 15) is 4.39 Å². The molecule has 0 heterocycles. The van der Waals surface area contributed by atoms with Crippen LogP contribution in [-0.4, -0.2) is 19.7 Å². The van der Waals surface area contributed by atoms with Crippen molar-refractivity contribution in [2.75, 3.05) is 19.7 Å². The summed E-state index contributed by atoms with van der Waals surface area (Å²) in [6, 6.07) is 5.08. The van der Waals surface area contributed by atoms with Gasteiger partial charge in [0.25, 0.3) is 0 Å². The summed E-state index contributed by atoms with van der Waals surface area (Å²) >= 11 is 0. The van der Waals surface area contributed by atoms with E-state index in [0.717, 1.165) is 18.5 Å². The van der Waals surface area contributed by atoms with Crippen molar-refractivity contribution in [1.82, 2.24) is 5.32 Å². The topological polar surface area (TPSA) is 47.3 Å². The van der Waals surface area contributed by atoms with Crippen LogP contribution in [0.3, 0.4) is 0 Å². The third-order valence-electron chi connectivity index (χ3n) is 2.78. The lowest BCUT2D eigenvalue weighted by Gasteiger charge is -2.12. The molecule has 1 rings (SSSR count). The number of ether oxygens (including phenoxy) is 1. The summed E-state index contributed by atoms with van der Waals surface area (Å²) in [5.74, 6) is 0.562. The number of rotatable bonds is 8. The summed E-state index contributed by atoms with van der Waals surface area (Å²) in [6.07, 6.45) is 1.00. The lowest BCUT2D eigenvalue weighted by atomic mass is 10.1. The van der Waals surface area contributed by atoms with E-state index in [0.29, 0.717) is 31.4 Å². The normalized spacial score (nSPS) is 12.4. The van der Waals surface area contributed by atoms with Crippen LogP contribution in [0.1, 0.15) is 25.8 Å². The van der Waals surface area contributed by atoms with Gasteiger partial charge in [-0.2, -0.15) is 0 Å². The van der Waals surface area contributed by atoms with Gasteiger partial charge < -0.3 is 15.8 Å². The maximum absolute atomic E-state index is 13.6. The van der Waals surface area contributed by atoms with Gasteiger partial charge in [-0.1, -0.05) is 13.0 Å². The monoisotopic (exact) mass is 254 g/mol. The molecule has 0 spiro atoms. The Labute approximate surface area is 109 Å². The fourth-order valence-electron chi connectivity index (χ4n) is 1.78. The molecular formula is C14H23FN2O. The number of hydrogen-bond donors (Lipinski definition) is 2. The van der Waals surface area contributed by atoms with Gasteiger partial charge in [-0.25, -0.2) is 4.39 Å². The van der Waals surface area contributed by atoms with Crippen LogP contribution < -0.4 is 15.8 Å². The fourth-order valence-corrected chi connectivity index (χ4v) is 1.78. The van der Waals surface area contributed by atoms with Crippen LogP contribution in [0, 0.1) is 11.7 Å². The third kappa shape index (κ3) is 5.02. The Bertz CT molecular complexity index is 358. The maximum Gasteiger partial charge on any atom is 0.165 e. The maximum atomic E-state index is 13.6. The highest BCUT2D eigenvalue weighted by Crippen LogP contribution is 2.18. The molecule has 3 N–H and O–H groups in total. The molecule has 4 heteroatoms. The van der Waals surface area contributed by atoms with Gasteiger partial charge in [0, 0.05) is 6.54 Å². The summed E-state index contributed by atoms with van der Waals surface area (Å²) < 4.78 is 18.7. The second-order valence-corrected chi connectivity index (χ2v) is 4.51. The standard InChI is InChI=1S/C14H23FN2O/c1-3-18-14-5-4-12(8-13(14)15)10-17-9-11(2)6-7-16/h4-5,8,11,17H,3,6-7,9-10,16H2,1-2H3. The molecule has 0 fully saturated rings. The van der Waals surface area contributed by atoms with Gasteiger partial charge in [0.15, 0.2) is 11.6 Å². The van der Waals surface area contributed by atoms with Crippen molar-refractivity contribution >= 4 is 0 Å². The number of benzene rings is 1. The minimum atomic E-state index is -0.300. The number of nitrogens with two attached hydrogens (primary N) is 1. The highest BCUT2D eigenvalue weighted by Gasteiger charge is 2.05. The van der Waals surface area contributed by atoms with E-state index in [1.54, 1.807) is 6.07 Å². The first-order valence-corrected chi connectivity index (χ1v) is 6.49. The van der Waals surface area contributed by atoms with Crippen molar-refractivity contribution < 1.29 is 9.13 Å². The van der Waals surface area contributed by atoms with E-state index in [2.05, 4.69) is 12.2 Å². The molecule has 0 aliphatic heterocycles. The zero-order chi connectivity index (χ0) is 13.4. The lowest BCUT2D eigenvalue weighted by molar-refractivity contribution is 0.321. The molecule has 3 nitrogen and oxygen atoms in total. The molecule has 18 heavy (non-hydrogen) atoms. The van der Waals surface area contributed by atoms with E-state index in [1.165, 1.54) is 6.07 Å². The van der Waals surface area contributed by atoms with Crippen molar-refractivity contribution in [2.24, 2.45) is 11.7 Å². The fraction of sp³-hybridized carbons (Fsp3) is 0.571. The Morgan fingerprint density at radius 2 is 2.22 bits per heavy atom. The first kappa shape index (κ1) is 14.9. The van der Waals surface area contributed by atoms with E-state index >= 15 is 0 Å². The third-order valence-corrected chi connectivity index (χ3v) is 2.78. The molecule has 0 saturated heterocycles. The average molecular weight is 254 g/mol. The van der Waals surface area contributed by atoms with Gasteiger partial charge in [-0.15, -0.1) is 0 Å². The Balaban J connectivity index is 2.41. The zero-order valence-electron chi connectivity index (χ0n) is 11.2. The predicted octanol–water partition coefficient (Wildman–Crippen LogP) is 2.30. The summed E-state index contributed by atoms with van der Waals surface area (Å²) in [7, 11) is 0. The van der Waals surface area contributed by atoms with E-state index < -0.39 is 0 Å². The zero-order valence-corrected chi connectivity index (χ0v) is 11.2. The highest BCUT2D eigenvalue weighted by atomic mass is 19.1. The Morgan fingerprint density at radius 3 is 2.83 bits per heavy atom. The molecule has 1 aromatic carbocycles. The molecule has 0 aromatic heterocycles. The predicted molar refractivity (Wildman–Crippen MR) is 72.1 cm³/mol. The van der Waals surface area contributed by atoms with Gasteiger partial charge in [-0.05, 0) is 50.0 Å². The van der Waals surface area contributed by atoms with Crippen LogP contribution in [0.4, 0.5) is 4.39 Å². The largest absolute Gasteiger partial charge is 0.491 e. The van der Waals surface area contributed by atoms with Crippen molar-refractivity contribution in [3.05, 3.63) is 29.6 Å². The second kappa shape index (κ2) is 8.06. The van der Waals surface area contributed by atoms with Gasteiger partial charge in [0.05, 0.1) is 6.61 Å². The number of nitrogens with one attached hydrogen (secondary N) is 1. The molecule has 0 saturated carbocycles. The van der Waals surface area contributed by atoms with Crippen molar-refractivity contribution in [2.45, 2.75) is 26.8 Å². The van der Waals surface area contributed by atoms with E-state index in [-0.39, 0.29) is 5.82 Å². The van der Waals surface area contributed by atoms with Crippen LogP contribution in [0.25, 0.3) is 0 Å². The molecule has 102 valence electrons. The molecular weight excluding hydrogens is 231 g/mol. The van der Waals surface area contributed by atoms with Crippen molar-refractivity contribution in [3.63, 3.8) is 0 Å². The average Bonchev–Trinajstić information content (AvgIpc) is 2.33. The van der Waals surface area contributed by atoms with Gasteiger partial charge in [-0.3, -0.25) is 0 Å². The van der Waals surface area contributed by atoms with Gasteiger partial charge >= 0.3 is 0 Å². The van der Waals surface area contributed by atoms with Crippen LogP contribution in [-0.2, 0) is 6.54 Å². The molecule has 0 aliphatic rings. The minimum Gasteiger partial charge on any atom is -0.491 e. The van der Waals surface area contributed by atoms with Crippen LogP contribution in [0.2, 0.25) is 0 Å². The van der Waals surface area contributed by atoms with Crippen molar-refractivity contribution in [3.8, 4) is 5.75 Å². The smallest absolute Gasteiger partial charge is 0.165 e. The quantitative estimate of drug-likeness (QED) is 0.748. The van der Waals surface area contributed by atoms with Crippen LogP contribution >= 0.6 is 0 Å². The molecule has 1 atom stereocenters. The second-order valence-electron chi connectivity index (χ2n) is 4.51. The molecule has 0 bridgehead atoms.